The smallest absolute Gasteiger partial charge is 0.137 e. The molecule has 1 aromatic carbocycles. The van der Waals surface area contributed by atoms with Gasteiger partial charge in [0, 0.05) is 31.7 Å². The average Bonchev–Trinajstić information content (AvgIpc) is 3.07. The molecule has 0 bridgehead atoms. The third-order valence-electron chi connectivity index (χ3n) is 6.41. The lowest BCUT2D eigenvalue weighted by molar-refractivity contribution is -0.00381. The van der Waals surface area contributed by atoms with Gasteiger partial charge in [0.05, 0.1) is 4.47 Å². The average molecular weight is 395 g/mol. The molecule has 2 atom stereocenters. The Morgan fingerprint density at radius 2 is 1.83 bits per heavy atom. The van der Waals surface area contributed by atoms with E-state index in [4.69, 9.17) is 0 Å². The van der Waals surface area contributed by atoms with Gasteiger partial charge in [-0.25, -0.2) is 4.39 Å². The molecule has 24 heavy (non-hydrogen) atoms. The maximum Gasteiger partial charge on any atom is 0.137 e. The van der Waals surface area contributed by atoms with Crippen LogP contribution in [0.15, 0.2) is 22.7 Å². The van der Waals surface area contributed by atoms with Crippen LogP contribution in [0.25, 0.3) is 0 Å². The van der Waals surface area contributed by atoms with Crippen molar-refractivity contribution in [3.05, 3.63) is 34.1 Å². The van der Waals surface area contributed by atoms with Crippen LogP contribution < -0.4 is 0 Å². The second-order valence-corrected chi connectivity index (χ2v) is 8.71. The number of hydrogen-bond donors (Lipinski definition) is 0. The first kappa shape index (κ1) is 17.0. The highest BCUT2D eigenvalue weighted by atomic mass is 79.9. The maximum absolute atomic E-state index is 13.6. The van der Waals surface area contributed by atoms with Gasteiger partial charge in [0.15, 0.2) is 0 Å². The van der Waals surface area contributed by atoms with Gasteiger partial charge < -0.3 is 0 Å². The summed E-state index contributed by atoms with van der Waals surface area (Å²) in [6, 6.07) is 6.98. The number of fused-ring (bicyclic) bond motifs is 1. The van der Waals surface area contributed by atoms with Crippen molar-refractivity contribution >= 4 is 15.9 Å². The van der Waals surface area contributed by atoms with E-state index in [1.54, 1.807) is 6.07 Å². The van der Waals surface area contributed by atoms with Gasteiger partial charge in [-0.15, -0.1) is 0 Å². The molecule has 0 N–H and O–H groups in total. The number of hydrogen-bond acceptors (Lipinski definition) is 2. The molecule has 4 heteroatoms. The predicted molar refractivity (Wildman–Crippen MR) is 99.5 cm³/mol. The number of nitrogens with zero attached hydrogens (tertiary/aromatic N) is 2. The lowest BCUT2D eigenvalue weighted by Crippen LogP contribution is -2.59. The van der Waals surface area contributed by atoms with Crippen molar-refractivity contribution in [2.24, 2.45) is 5.92 Å². The Hall–Kier alpha value is -0.450. The Morgan fingerprint density at radius 3 is 2.62 bits per heavy atom. The molecular weight excluding hydrogens is 367 g/mol. The zero-order valence-corrected chi connectivity index (χ0v) is 16.0. The summed E-state index contributed by atoms with van der Waals surface area (Å²) in [7, 11) is 0. The minimum Gasteiger partial charge on any atom is -0.298 e. The molecule has 132 valence electrons. The van der Waals surface area contributed by atoms with Crippen LogP contribution in [0.2, 0.25) is 0 Å². The largest absolute Gasteiger partial charge is 0.298 e. The third-order valence-corrected chi connectivity index (χ3v) is 7.01. The predicted octanol–water partition coefficient (Wildman–Crippen LogP) is 4.82. The fraction of sp³-hybridized carbons (Fsp3) is 0.700. The summed E-state index contributed by atoms with van der Waals surface area (Å²) in [5, 5.41) is 0. The second-order valence-electron chi connectivity index (χ2n) is 7.85. The van der Waals surface area contributed by atoms with Crippen molar-refractivity contribution in [3.63, 3.8) is 0 Å². The van der Waals surface area contributed by atoms with E-state index in [0.29, 0.717) is 10.5 Å². The van der Waals surface area contributed by atoms with Crippen LogP contribution in [0, 0.1) is 11.7 Å². The van der Waals surface area contributed by atoms with Gasteiger partial charge in [0.25, 0.3) is 0 Å². The molecule has 2 aliphatic heterocycles. The molecule has 1 aromatic rings. The van der Waals surface area contributed by atoms with E-state index in [1.165, 1.54) is 63.6 Å². The summed E-state index contributed by atoms with van der Waals surface area (Å²) < 4.78 is 14.1. The normalized spacial score (nSPS) is 29.8. The van der Waals surface area contributed by atoms with Gasteiger partial charge in [-0.1, -0.05) is 25.3 Å². The standard InChI is InChI=1S/C20H28BrFN2/c21-17-13-15(8-9-18(17)22)14-24-12-11-23-10-4-7-19(23)20(24)16-5-2-1-3-6-16/h8-9,13,16,19-20H,1-7,10-12,14H2/t19-,20-/m1/s1. The van der Waals surface area contributed by atoms with Crippen LogP contribution >= 0.6 is 15.9 Å². The summed E-state index contributed by atoms with van der Waals surface area (Å²) in [5.74, 6) is 0.691. The summed E-state index contributed by atoms with van der Waals surface area (Å²) >= 11 is 3.35. The van der Waals surface area contributed by atoms with Crippen LogP contribution in [-0.2, 0) is 6.54 Å². The van der Waals surface area contributed by atoms with Crippen molar-refractivity contribution in [3.8, 4) is 0 Å². The SMILES string of the molecule is Fc1ccc(CN2CCN3CCC[C@@H]3[C@H]2C2CCCCC2)cc1Br. The molecule has 1 saturated carbocycles. The molecule has 0 radical (unpaired) electrons. The van der Waals surface area contributed by atoms with Crippen molar-refractivity contribution in [1.82, 2.24) is 9.80 Å². The van der Waals surface area contributed by atoms with Crippen molar-refractivity contribution in [2.45, 2.75) is 63.6 Å². The lowest BCUT2D eigenvalue weighted by Gasteiger charge is -2.49. The van der Waals surface area contributed by atoms with Crippen LogP contribution in [0.1, 0.15) is 50.5 Å². The Balaban J connectivity index is 1.55. The lowest BCUT2D eigenvalue weighted by atomic mass is 9.78. The van der Waals surface area contributed by atoms with Gasteiger partial charge in [-0.3, -0.25) is 9.80 Å². The fourth-order valence-electron chi connectivity index (χ4n) is 5.31. The second kappa shape index (κ2) is 7.43. The first-order valence-electron chi connectivity index (χ1n) is 9.64. The van der Waals surface area contributed by atoms with Crippen LogP contribution in [0.5, 0.6) is 0 Å². The molecule has 3 aliphatic rings. The highest BCUT2D eigenvalue weighted by molar-refractivity contribution is 9.10. The highest BCUT2D eigenvalue weighted by Crippen LogP contribution is 2.38. The van der Waals surface area contributed by atoms with Gasteiger partial charge in [0.2, 0.25) is 0 Å². The molecule has 0 unspecified atom stereocenters. The summed E-state index contributed by atoms with van der Waals surface area (Å²) in [6.45, 7) is 4.62. The molecule has 2 saturated heterocycles. The topological polar surface area (TPSA) is 6.48 Å². The van der Waals surface area contributed by atoms with E-state index in [0.717, 1.165) is 25.0 Å². The van der Waals surface area contributed by atoms with E-state index in [9.17, 15) is 4.39 Å². The van der Waals surface area contributed by atoms with E-state index in [-0.39, 0.29) is 5.82 Å². The minimum atomic E-state index is -0.164. The number of rotatable bonds is 3. The first-order chi connectivity index (χ1) is 11.7. The first-order valence-corrected chi connectivity index (χ1v) is 10.4. The molecule has 0 amide bonds. The van der Waals surface area contributed by atoms with E-state index in [1.807, 2.05) is 12.1 Å². The van der Waals surface area contributed by atoms with Crippen LogP contribution in [0.4, 0.5) is 4.39 Å². The molecule has 0 aromatic heterocycles. The molecule has 1 aliphatic carbocycles. The molecule has 4 rings (SSSR count). The maximum atomic E-state index is 13.6. The third kappa shape index (κ3) is 3.42. The van der Waals surface area contributed by atoms with Crippen molar-refractivity contribution in [1.29, 1.82) is 0 Å². The van der Waals surface area contributed by atoms with Crippen LogP contribution in [0.3, 0.4) is 0 Å². The van der Waals surface area contributed by atoms with Gasteiger partial charge in [0.1, 0.15) is 5.82 Å². The van der Waals surface area contributed by atoms with E-state index >= 15 is 0 Å². The number of benzene rings is 1. The quantitative estimate of drug-likeness (QED) is 0.724. The Labute approximate surface area is 153 Å². The van der Waals surface area contributed by atoms with E-state index in [2.05, 4.69) is 25.7 Å². The summed E-state index contributed by atoms with van der Waals surface area (Å²) in [4.78, 5) is 5.47. The zero-order chi connectivity index (χ0) is 16.5. The molecule has 3 fully saturated rings. The van der Waals surface area contributed by atoms with Gasteiger partial charge in [-0.2, -0.15) is 0 Å². The minimum absolute atomic E-state index is 0.164. The number of piperazine rings is 1. The van der Waals surface area contributed by atoms with Gasteiger partial charge in [-0.05, 0) is 71.8 Å². The Kier molecular flexibility index (Phi) is 5.26. The molecule has 2 heterocycles. The number of halogens is 2. The molecule has 2 nitrogen and oxygen atoms in total. The molecule has 0 spiro atoms. The molecular formula is C20H28BrFN2. The Bertz CT molecular complexity index is 573. The van der Waals surface area contributed by atoms with Crippen LogP contribution in [-0.4, -0.2) is 41.5 Å². The summed E-state index contributed by atoms with van der Waals surface area (Å²) in [6.07, 6.45) is 9.77. The Morgan fingerprint density at radius 1 is 1.00 bits per heavy atom. The van der Waals surface area contributed by atoms with E-state index < -0.39 is 0 Å². The fourth-order valence-corrected chi connectivity index (χ4v) is 5.74. The highest BCUT2D eigenvalue weighted by Gasteiger charge is 2.42. The zero-order valence-electron chi connectivity index (χ0n) is 14.4. The van der Waals surface area contributed by atoms with Crippen molar-refractivity contribution < 1.29 is 4.39 Å². The monoisotopic (exact) mass is 394 g/mol. The summed E-state index contributed by atoms with van der Waals surface area (Å²) in [5.41, 5.74) is 1.23. The van der Waals surface area contributed by atoms with Crippen molar-refractivity contribution in [2.75, 3.05) is 19.6 Å². The van der Waals surface area contributed by atoms with Gasteiger partial charge >= 0.3 is 0 Å².